The van der Waals surface area contributed by atoms with E-state index in [-0.39, 0.29) is 18.6 Å². The lowest BCUT2D eigenvalue weighted by Crippen LogP contribution is -2.15. The van der Waals surface area contributed by atoms with Gasteiger partial charge in [0.25, 0.3) is 0 Å². The molecule has 0 radical (unpaired) electrons. The number of ether oxygens (including phenoxy) is 4. The molecule has 0 saturated heterocycles. The second-order valence-electron chi connectivity index (χ2n) is 7.66. The molecule has 0 aliphatic carbocycles. The molecule has 0 unspecified atom stereocenters. The molecule has 0 fully saturated rings. The van der Waals surface area contributed by atoms with Gasteiger partial charge in [-0.15, -0.1) is 0 Å². The fourth-order valence-electron chi connectivity index (χ4n) is 3.66. The Hall–Kier alpha value is -3.74. The lowest BCUT2D eigenvalue weighted by atomic mass is 10.0. The molecule has 0 bridgehead atoms. The molecule has 1 aliphatic rings. The number of hydrogen-bond donors (Lipinski definition) is 0. The highest BCUT2D eigenvalue weighted by molar-refractivity contribution is 5.84. The highest BCUT2D eigenvalue weighted by Gasteiger charge is 2.17. The average Bonchev–Trinajstić information content (AvgIpc) is 3.07. The van der Waals surface area contributed by atoms with Gasteiger partial charge >= 0.3 is 5.97 Å². The Morgan fingerprint density at radius 1 is 1.15 bits per heavy atom. The number of carbonyl (C=O) groups is 1. The van der Waals surface area contributed by atoms with Crippen LogP contribution in [-0.4, -0.2) is 32.4 Å². The molecule has 7 heteroatoms. The summed E-state index contributed by atoms with van der Waals surface area (Å²) in [6.45, 7) is 6.59. The number of hydrogen-bond acceptors (Lipinski definition) is 7. The summed E-state index contributed by atoms with van der Waals surface area (Å²) in [5.41, 5.74) is 2.18. The largest absolute Gasteiger partial charge is 0.490 e. The molecule has 7 nitrogen and oxygen atoms in total. The summed E-state index contributed by atoms with van der Waals surface area (Å²) in [5, 5.41) is 0.449. The lowest BCUT2D eigenvalue weighted by Gasteiger charge is -2.13. The molecule has 0 atom stereocenters. The van der Waals surface area contributed by atoms with Crippen molar-refractivity contribution in [3.8, 4) is 28.4 Å². The third kappa shape index (κ3) is 5.03. The number of carbonyl (C=O) groups excluding carboxylic acids is 1. The monoisotopic (exact) mass is 450 g/mol. The molecule has 3 aromatic rings. The van der Waals surface area contributed by atoms with E-state index in [0.717, 1.165) is 18.4 Å². The van der Waals surface area contributed by atoms with Crippen molar-refractivity contribution < 1.29 is 28.2 Å². The topological polar surface area (TPSA) is 84.2 Å². The quantitative estimate of drug-likeness (QED) is 0.364. The van der Waals surface area contributed by atoms with Gasteiger partial charge in [-0.05, 0) is 35.7 Å². The van der Waals surface area contributed by atoms with Crippen molar-refractivity contribution in [2.45, 2.75) is 26.2 Å². The Morgan fingerprint density at radius 2 is 1.97 bits per heavy atom. The van der Waals surface area contributed by atoms with Crippen molar-refractivity contribution in [3.05, 3.63) is 65.0 Å². The molecule has 0 spiro atoms. The molecule has 172 valence electrons. The highest BCUT2D eigenvalue weighted by Crippen LogP contribution is 2.34. The van der Waals surface area contributed by atoms with E-state index in [0.29, 0.717) is 59.0 Å². The minimum absolute atomic E-state index is 0.124. The summed E-state index contributed by atoms with van der Waals surface area (Å²) >= 11 is 0. The molecule has 1 aliphatic heterocycles. The van der Waals surface area contributed by atoms with Crippen LogP contribution >= 0.6 is 0 Å². The van der Waals surface area contributed by atoms with Crippen LogP contribution in [0.1, 0.15) is 25.3 Å². The van der Waals surface area contributed by atoms with Gasteiger partial charge in [-0.2, -0.15) is 0 Å². The minimum Gasteiger partial charge on any atom is -0.490 e. The van der Waals surface area contributed by atoms with Gasteiger partial charge < -0.3 is 23.4 Å². The van der Waals surface area contributed by atoms with Gasteiger partial charge in [0, 0.05) is 12.5 Å². The van der Waals surface area contributed by atoms with Crippen molar-refractivity contribution >= 4 is 16.9 Å². The third-order valence-electron chi connectivity index (χ3n) is 5.24. The van der Waals surface area contributed by atoms with E-state index in [1.54, 1.807) is 18.2 Å². The van der Waals surface area contributed by atoms with Crippen LogP contribution in [0.4, 0.5) is 0 Å². The molecule has 1 aromatic heterocycles. The van der Waals surface area contributed by atoms with Gasteiger partial charge in [-0.1, -0.05) is 32.1 Å². The summed E-state index contributed by atoms with van der Waals surface area (Å²) in [6.07, 6.45) is 5.26. The first-order valence-electron chi connectivity index (χ1n) is 11.0. The predicted octanol–water partition coefficient (Wildman–Crippen LogP) is 4.68. The smallest absolute Gasteiger partial charge is 0.344 e. The van der Waals surface area contributed by atoms with Crippen LogP contribution in [0.25, 0.3) is 22.1 Å². The van der Waals surface area contributed by atoms with E-state index in [1.807, 2.05) is 19.1 Å². The van der Waals surface area contributed by atoms with Crippen LogP contribution in [0.15, 0.2) is 58.5 Å². The second-order valence-corrected chi connectivity index (χ2v) is 7.66. The van der Waals surface area contributed by atoms with Crippen LogP contribution < -0.4 is 19.6 Å². The second kappa shape index (κ2) is 10.3. The first-order chi connectivity index (χ1) is 16.1. The number of fused-ring (bicyclic) bond motifs is 2. The van der Waals surface area contributed by atoms with Gasteiger partial charge in [0.2, 0.25) is 5.43 Å². The molecule has 33 heavy (non-hydrogen) atoms. The summed E-state index contributed by atoms with van der Waals surface area (Å²) in [6, 6.07) is 8.87. The maximum atomic E-state index is 13.4. The van der Waals surface area contributed by atoms with Crippen LogP contribution in [0.2, 0.25) is 0 Å². The molecular formula is C26H26O7. The van der Waals surface area contributed by atoms with Crippen molar-refractivity contribution in [1.82, 2.24) is 0 Å². The Kier molecular flexibility index (Phi) is 6.98. The van der Waals surface area contributed by atoms with E-state index in [4.69, 9.17) is 23.4 Å². The first-order valence-corrected chi connectivity index (χ1v) is 11.0. The molecule has 4 rings (SSSR count). The van der Waals surface area contributed by atoms with E-state index >= 15 is 0 Å². The fourth-order valence-corrected chi connectivity index (χ4v) is 3.66. The summed E-state index contributed by atoms with van der Waals surface area (Å²) in [7, 11) is 0. The van der Waals surface area contributed by atoms with Crippen LogP contribution in [-0.2, 0) is 16.0 Å². The van der Waals surface area contributed by atoms with Gasteiger partial charge in [-0.3, -0.25) is 4.79 Å². The van der Waals surface area contributed by atoms with Crippen LogP contribution in [0, 0.1) is 0 Å². The van der Waals surface area contributed by atoms with E-state index in [2.05, 4.69) is 6.58 Å². The zero-order valence-electron chi connectivity index (χ0n) is 18.6. The Bertz CT molecular complexity index is 1230. The maximum absolute atomic E-state index is 13.4. The SMILES string of the molecule is C=CCOC(=O)COc1cc2occ(-c3ccc4c(c3)OCCCO4)c(=O)c2cc1CCC. The van der Waals surface area contributed by atoms with E-state index < -0.39 is 5.97 Å². The number of aryl methyl sites for hydroxylation is 1. The normalized spacial score (nSPS) is 12.8. The molecule has 2 heterocycles. The van der Waals surface area contributed by atoms with Gasteiger partial charge in [0.1, 0.15) is 24.2 Å². The minimum atomic E-state index is -0.497. The molecule has 2 aromatic carbocycles. The Labute approximate surface area is 191 Å². The number of benzene rings is 2. The molecule has 0 saturated carbocycles. The summed E-state index contributed by atoms with van der Waals surface area (Å²) < 4.78 is 27.9. The zero-order chi connectivity index (χ0) is 23.2. The van der Waals surface area contributed by atoms with Crippen molar-refractivity contribution in [2.75, 3.05) is 26.4 Å². The van der Waals surface area contributed by atoms with Crippen molar-refractivity contribution in [1.29, 1.82) is 0 Å². The first kappa shape index (κ1) is 22.5. The molecule has 0 amide bonds. The van der Waals surface area contributed by atoms with Gasteiger partial charge in [0.15, 0.2) is 18.1 Å². The van der Waals surface area contributed by atoms with E-state index in [1.165, 1.54) is 12.3 Å². The van der Waals surface area contributed by atoms with Crippen LogP contribution in [0.5, 0.6) is 17.2 Å². The highest BCUT2D eigenvalue weighted by atomic mass is 16.6. The van der Waals surface area contributed by atoms with E-state index in [9.17, 15) is 9.59 Å². The van der Waals surface area contributed by atoms with Crippen molar-refractivity contribution in [2.24, 2.45) is 0 Å². The van der Waals surface area contributed by atoms with Crippen LogP contribution in [0.3, 0.4) is 0 Å². The maximum Gasteiger partial charge on any atom is 0.344 e. The number of esters is 1. The average molecular weight is 450 g/mol. The Morgan fingerprint density at radius 3 is 2.76 bits per heavy atom. The standard InChI is InChI=1S/C26H26O7/c1-3-6-18-12-19-23(14-22(18)33-16-25(27)31-9-4-2)32-15-20(26(19)28)17-7-8-21-24(13-17)30-11-5-10-29-21/h4,7-8,12-15H,2-3,5-6,9-11,16H2,1H3. The number of rotatable bonds is 8. The summed E-state index contributed by atoms with van der Waals surface area (Å²) in [4.78, 5) is 25.2. The van der Waals surface area contributed by atoms with Gasteiger partial charge in [-0.25, -0.2) is 4.79 Å². The lowest BCUT2D eigenvalue weighted by molar-refractivity contribution is -0.144. The predicted molar refractivity (Wildman–Crippen MR) is 124 cm³/mol. The molecule has 0 N–H and O–H groups in total. The third-order valence-corrected chi connectivity index (χ3v) is 5.24. The van der Waals surface area contributed by atoms with Gasteiger partial charge in [0.05, 0.1) is 24.2 Å². The fraction of sp³-hybridized carbons (Fsp3) is 0.308. The molecular weight excluding hydrogens is 424 g/mol. The van der Waals surface area contributed by atoms with Crippen molar-refractivity contribution in [3.63, 3.8) is 0 Å². The summed E-state index contributed by atoms with van der Waals surface area (Å²) in [5.74, 6) is 1.28. The zero-order valence-corrected chi connectivity index (χ0v) is 18.6. The Balaban J connectivity index is 1.68.